The summed E-state index contributed by atoms with van der Waals surface area (Å²) in [7, 11) is 0. The molecule has 88 valence electrons. The zero-order valence-electron chi connectivity index (χ0n) is 9.50. The molecule has 0 aliphatic heterocycles. The van der Waals surface area contributed by atoms with Crippen LogP contribution in [-0.4, -0.2) is 11.6 Å². The van der Waals surface area contributed by atoms with E-state index in [1.807, 2.05) is 13.8 Å². The summed E-state index contributed by atoms with van der Waals surface area (Å²) in [6, 6.07) is 4.50. The molecule has 16 heavy (non-hydrogen) atoms. The first-order valence-electron chi connectivity index (χ1n) is 5.25. The van der Waals surface area contributed by atoms with E-state index < -0.39 is 0 Å². The topological polar surface area (TPSA) is 35.2 Å². The van der Waals surface area contributed by atoms with Crippen molar-refractivity contribution in [3.63, 3.8) is 0 Å². The van der Waals surface area contributed by atoms with Gasteiger partial charge in [0.1, 0.15) is 11.6 Å². The number of halogens is 1. The van der Waals surface area contributed by atoms with Gasteiger partial charge in [-0.05, 0) is 37.1 Å². The fraction of sp³-hybridized carbons (Fsp3) is 0.417. The van der Waals surface area contributed by atoms with E-state index in [1.165, 1.54) is 12.1 Å². The van der Waals surface area contributed by atoms with E-state index in [9.17, 15) is 4.39 Å². The Morgan fingerprint density at radius 2 is 2.25 bits per heavy atom. The zero-order valence-corrected chi connectivity index (χ0v) is 10.3. The number of hydrogen-bond donors (Lipinski definition) is 1. The van der Waals surface area contributed by atoms with Crippen molar-refractivity contribution in [2.24, 2.45) is 11.7 Å². The standard InChI is InChI=1S/C12H16FNOS/c1-3-15-11-5-4-10(13)7-9(11)6-8(2)12(14)16/h4-5,7-8H,3,6H2,1-2H3,(H2,14,16). The molecule has 0 spiro atoms. The molecule has 0 aliphatic rings. The highest BCUT2D eigenvalue weighted by Crippen LogP contribution is 2.23. The molecule has 0 amide bonds. The Kier molecular flexibility index (Phi) is 4.68. The first-order valence-corrected chi connectivity index (χ1v) is 5.66. The van der Waals surface area contributed by atoms with Crippen molar-refractivity contribution in [2.75, 3.05) is 6.61 Å². The summed E-state index contributed by atoms with van der Waals surface area (Å²) in [6.07, 6.45) is 0.600. The van der Waals surface area contributed by atoms with Gasteiger partial charge < -0.3 is 10.5 Å². The number of hydrogen-bond acceptors (Lipinski definition) is 2. The third kappa shape index (κ3) is 3.45. The van der Waals surface area contributed by atoms with E-state index in [4.69, 9.17) is 22.7 Å². The van der Waals surface area contributed by atoms with Crippen LogP contribution in [0.3, 0.4) is 0 Å². The minimum Gasteiger partial charge on any atom is -0.494 e. The Morgan fingerprint density at radius 1 is 1.56 bits per heavy atom. The predicted molar refractivity (Wildman–Crippen MR) is 67.2 cm³/mol. The van der Waals surface area contributed by atoms with Crippen LogP contribution in [0.5, 0.6) is 5.75 Å². The van der Waals surface area contributed by atoms with Gasteiger partial charge in [0, 0.05) is 5.92 Å². The van der Waals surface area contributed by atoms with Gasteiger partial charge in [0.25, 0.3) is 0 Å². The summed E-state index contributed by atoms with van der Waals surface area (Å²) >= 11 is 4.90. The second-order valence-electron chi connectivity index (χ2n) is 3.69. The van der Waals surface area contributed by atoms with Gasteiger partial charge in [0.15, 0.2) is 0 Å². The Balaban J connectivity index is 2.91. The lowest BCUT2D eigenvalue weighted by molar-refractivity contribution is 0.335. The molecule has 2 N–H and O–H groups in total. The predicted octanol–water partition coefficient (Wildman–Crippen LogP) is 2.69. The van der Waals surface area contributed by atoms with Gasteiger partial charge in [-0.1, -0.05) is 19.1 Å². The molecule has 1 aromatic rings. The largest absolute Gasteiger partial charge is 0.494 e. The molecule has 0 heterocycles. The van der Waals surface area contributed by atoms with Crippen LogP contribution in [0.1, 0.15) is 19.4 Å². The molecule has 0 saturated heterocycles. The summed E-state index contributed by atoms with van der Waals surface area (Å²) in [5.74, 6) is 0.469. The molecule has 2 nitrogen and oxygen atoms in total. The lowest BCUT2D eigenvalue weighted by atomic mass is 10.0. The maximum atomic E-state index is 13.1. The Morgan fingerprint density at radius 3 is 2.81 bits per heavy atom. The van der Waals surface area contributed by atoms with Gasteiger partial charge in [0.2, 0.25) is 0 Å². The van der Waals surface area contributed by atoms with Gasteiger partial charge in [-0.2, -0.15) is 0 Å². The van der Waals surface area contributed by atoms with Crippen LogP contribution >= 0.6 is 12.2 Å². The molecule has 1 unspecified atom stereocenters. The summed E-state index contributed by atoms with van der Waals surface area (Å²) in [6.45, 7) is 4.37. The van der Waals surface area contributed by atoms with Crippen molar-refractivity contribution < 1.29 is 9.13 Å². The second-order valence-corrected chi connectivity index (χ2v) is 4.16. The van der Waals surface area contributed by atoms with E-state index in [2.05, 4.69) is 0 Å². The summed E-state index contributed by atoms with van der Waals surface area (Å²) in [5, 5.41) is 0. The average molecular weight is 241 g/mol. The van der Waals surface area contributed by atoms with Crippen LogP contribution in [0, 0.1) is 11.7 Å². The summed E-state index contributed by atoms with van der Waals surface area (Å²) in [5.41, 5.74) is 6.35. The molecule has 0 aromatic heterocycles. The number of benzene rings is 1. The van der Waals surface area contributed by atoms with E-state index in [0.717, 1.165) is 5.56 Å². The highest BCUT2D eigenvalue weighted by atomic mass is 32.1. The second kappa shape index (κ2) is 5.80. The first-order chi connectivity index (χ1) is 7.54. The normalized spacial score (nSPS) is 12.2. The van der Waals surface area contributed by atoms with Gasteiger partial charge in [-0.3, -0.25) is 0 Å². The SMILES string of the molecule is CCOc1ccc(F)cc1CC(C)C(N)=S. The Labute approximate surface area is 101 Å². The molecule has 1 rings (SSSR count). The van der Waals surface area contributed by atoms with Crippen molar-refractivity contribution in [1.82, 2.24) is 0 Å². The third-order valence-corrected chi connectivity index (χ3v) is 2.74. The minimum atomic E-state index is -0.270. The Bertz CT molecular complexity index is 381. The quantitative estimate of drug-likeness (QED) is 0.805. The minimum absolute atomic E-state index is 0.0380. The molecular weight excluding hydrogens is 225 g/mol. The van der Waals surface area contributed by atoms with Crippen LogP contribution in [0.4, 0.5) is 4.39 Å². The molecule has 1 aromatic carbocycles. The van der Waals surface area contributed by atoms with E-state index in [-0.39, 0.29) is 11.7 Å². The van der Waals surface area contributed by atoms with Crippen molar-refractivity contribution in [2.45, 2.75) is 20.3 Å². The number of rotatable bonds is 5. The van der Waals surface area contributed by atoms with Gasteiger partial charge >= 0.3 is 0 Å². The monoisotopic (exact) mass is 241 g/mol. The summed E-state index contributed by atoms with van der Waals surface area (Å²) < 4.78 is 18.5. The van der Waals surface area contributed by atoms with Crippen LogP contribution in [0.2, 0.25) is 0 Å². The molecular formula is C12H16FNOS. The number of ether oxygens (including phenoxy) is 1. The molecule has 4 heteroatoms. The van der Waals surface area contributed by atoms with Crippen molar-refractivity contribution in [3.05, 3.63) is 29.6 Å². The van der Waals surface area contributed by atoms with Crippen molar-refractivity contribution in [3.8, 4) is 5.75 Å². The van der Waals surface area contributed by atoms with E-state index in [1.54, 1.807) is 6.07 Å². The average Bonchev–Trinajstić information content (AvgIpc) is 2.22. The molecule has 0 saturated carbocycles. The van der Waals surface area contributed by atoms with Gasteiger partial charge in [0.05, 0.1) is 11.6 Å². The number of nitrogens with two attached hydrogens (primary N) is 1. The smallest absolute Gasteiger partial charge is 0.123 e. The highest BCUT2D eigenvalue weighted by Gasteiger charge is 2.11. The van der Waals surface area contributed by atoms with Crippen molar-refractivity contribution in [1.29, 1.82) is 0 Å². The molecule has 1 atom stereocenters. The fourth-order valence-corrected chi connectivity index (χ4v) is 1.52. The molecule has 0 bridgehead atoms. The lowest BCUT2D eigenvalue weighted by Crippen LogP contribution is -2.20. The zero-order chi connectivity index (χ0) is 12.1. The van der Waals surface area contributed by atoms with Crippen LogP contribution in [-0.2, 0) is 6.42 Å². The molecule has 0 aliphatic carbocycles. The third-order valence-electron chi connectivity index (χ3n) is 2.33. The highest BCUT2D eigenvalue weighted by molar-refractivity contribution is 7.80. The maximum absolute atomic E-state index is 13.1. The first kappa shape index (κ1) is 12.9. The van der Waals surface area contributed by atoms with Crippen LogP contribution in [0.25, 0.3) is 0 Å². The van der Waals surface area contributed by atoms with E-state index >= 15 is 0 Å². The molecule has 0 fully saturated rings. The maximum Gasteiger partial charge on any atom is 0.123 e. The van der Waals surface area contributed by atoms with Crippen LogP contribution < -0.4 is 10.5 Å². The van der Waals surface area contributed by atoms with Gasteiger partial charge in [-0.15, -0.1) is 0 Å². The molecule has 0 radical (unpaired) electrons. The number of thiocarbonyl (C=S) groups is 1. The van der Waals surface area contributed by atoms with E-state index in [0.29, 0.717) is 23.8 Å². The Hall–Kier alpha value is -1.16. The fourth-order valence-electron chi connectivity index (χ4n) is 1.43. The van der Waals surface area contributed by atoms with Crippen LogP contribution in [0.15, 0.2) is 18.2 Å². The van der Waals surface area contributed by atoms with Gasteiger partial charge in [-0.25, -0.2) is 4.39 Å². The summed E-state index contributed by atoms with van der Waals surface area (Å²) in [4.78, 5) is 0.437. The lowest BCUT2D eigenvalue weighted by Gasteiger charge is -2.13. The van der Waals surface area contributed by atoms with Crippen molar-refractivity contribution >= 4 is 17.2 Å².